The van der Waals surface area contributed by atoms with Crippen molar-refractivity contribution >= 4 is 11.6 Å². The highest BCUT2D eigenvalue weighted by molar-refractivity contribution is 6.30. The number of hydrogen-bond acceptors (Lipinski definition) is 2. The number of ether oxygens (including phenoxy) is 1. The minimum Gasteiger partial charge on any atom is -0.380 e. The van der Waals surface area contributed by atoms with Gasteiger partial charge in [-0.1, -0.05) is 36.6 Å². The fourth-order valence-corrected chi connectivity index (χ4v) is 2.86. The highest BCUT2D eigenvalue weighted by atomic mass is 35.5. The first-order chi connectivity index (χ1) is 8.70. The summed E-state index contributed by atoms with van der Waals surface area (Å²) in [5.41, 5.74) is 1.28. The van der Waals surface area contributed by atoms with Crippen LogP contribution in [-0.4, -0.2) is 19.3 Å². The van der Waals surface area contributed by atoms with E-state index in [2.05, 4.69) is 24.4 Å². The number of benzene rings is 1. The van der Waals surface area contributed by atoms with Gasteiger partial charge >= 0.3 is 0 Å². The van der Waals surface area contributed by atoms with Gasteiger partial charge in [-0.15, -0.1) is 0 Å². The summed E-state index contributed by atoms with van der Waals surface area (Å²) in [4.78, 5) is 0. The molecule has 1 fully saturated rings. The van der Waals surface area contributed by atoms with E-state index in [0.29, 0.717) is 18.2 Å². The first kappa shape index (κ1) is 13.9. The van der Waals surface area contributed by atoms with Crippen LogP contribution >= 0.6 is 11.6 Å². The van der Waals surface area contributed by atoms with Gasteiger partial charge in [-0.2, -0.15) is 0 Å². The van der Waals surface area contributed by atoms with Crippen LogP contribution in [0.15, 0.2) is 24.3 Å². The van der Waals surface area contributed by atoms with Gasteiger partial charge in [-0.05, 0) is 37.5 Å². The Hall–Kier alpha value is -0.570. The summed E-state index contributed by atoms with van der Waals surface area (Å²) in [5, 5.41) is 4.48. The predicted molar refractivity (Wildman–Crippen MR) is 76.1 cm³/mol. The van der Waals surface area contributed by atoms with Crippen molar-refractivity contribution in [1.29, 1.82) is 0 Å². The molecule has 1 aromatic carbocycles. The first-order valence-electron chi connectivity index (χ1n) is 6.75. The van der Waals surface area contributed by atoms with Gasteiger partial charge in [-0.25, -0.2) is 0 Å². The van der Waals surface area contributed by atoms with E-state index in [1.807, 2.05) is 19.2 Å². The summed E-state index contributed by atoms with van der Waals surface area (Å²) in [7, 11) is 1.82. The Morgan fingerprint density at radius 3 is 2.56 bits per heavy atom. The summed E-state index contributed by atoms with van der Waals surface area (Å²) in [6.07, 6.45) is 5.31. The van der Waals surface area contributed by atoms with Gasteiger partial charge in [0.15, 0.2) is 0 Å². The Kier molecular flexibility index (Phi) is 5.04. The molecule has 0 aromatic heterocycles. The standard InChI is InChI=1S/C15H22ClNO/c1-11(12-7-9-13(16)10-8-12)17-14-5-3-4-6-15(14)18-2/h7-11,14-15,17H,3-6H2,1-2H3/t11-,14?,15?/m0/s1. The number of hydrogen-bond donors (Lipinski definition) is 1. The quantitative estimate of drug-likeness (QED) is 0.892. The zero-order chi connectivity index (χ0) is 13.0. The molecule has 0 aliphatic heterocycles. The molecule has 1 aromatic rings. The highest BCUT2D eigenvalue weighted by Gasteiger charge is 2.26. The monoisotopic (exact) mass is 267 g/mol. The predicted octanol–water partition coefficient (Wildman–Crippen LogP) is 3.95. The molecular formula is C15H22ClNO. The smallest absolute Gasteiger partial charge is 0.0724 e. The lowest BCUT2D eigenvalue weighted by Crippen LogP contribution is -2.44. The van der Waals surface area contributed by atoms with E-state index in [-0.39, 0.29) is 0 Å². The topological polar surface area (TPSA) is 21.3 Å². The molecule has 1 N–H and O–H groups in total. The van der Waals surface area contributed by atoms with Crippen LogP contribution in [0.2, 0.25) is 5.02 Å². The van der Waals surface area contributed by atoms with E-state index in [1.165, 1.54) is 31.2 Å². The summed E-state index contributed by atoms with van der Waals surface area (Å²) in [5.74, 6) is 0. The minimum atomic E-state index is 0.336. The molecule has 1 aliphatic carbocycles. The second-order valence-electron chi connectivity index (χ2n) is 5.11. The van der Waals surface area contributed by atoms with Crippen LogP contribution in [-0.2, 0) is 4.74 Å². The van der Waals surface area contributed by atoms with E-state index in [0.717, 1.165) is 5.02 Å². The largest absolute Gasteiger partial charge is 0.380 e. The molecule has 2 rings (SSSR count). The van der Waals surface area contributed by atoms with Crippen molar-refractivity contribution in [1.82, 2.24) is 5.32 Å². The lowest BCUT2D eigenvalue weighted by atomic mass is 9.91. The van der Waals surface area contributed by atoms with E-state index in [9.17, 15) is 0 Å². The summed E-state index contributed by atoms with van der Waals surface area (Å²) in [6.45, 7) is 2.20. The molecule has 0 bridgehead atoms. The van der Waals surface area contributed by atoms with Crippen molar-refractivity contribution in [3.63, 3.8) is 0 Å². The lowest BCUT2D eigenvalue weighted by molar-refractivity contribution is 0.0384. The Morgan fingerprint density at radius 2 is 1.89 bits per heavy atom. The van der Waals surface area contributed by atoms with Crippen LogP contribution in [0.4, 0.5) is 0 Å². The Labute approximate surface area is 115 Å². The highest BCUT2D eigenvalue weighted by Crippen LogP contribution is 2.24. The SMILES string of the molecule is COC1CCCCC1N[C@@H](C)c1ccc(Cl)cc1. The molecule has 0 amide bonds. The number of rotatable bonds is 4. The van der Waals surface area contributed by atoms with Crippen molar-refractivity contribution < 1.29 is 4.74 Å². The van der Waals surface area contributed by atoms with Crippen molar-refractivity contribution in [2.45, 2.75) is 50.8 Å². The maximum absolute atomic E-state index is 5.91. The number of methoxy groups -OCH3 is 1. The zero-order valence-corrected chi connectivity index (χ0v) is 11.9. The molecule has 0 spiro atoms. The molecular weight excluding hydrogens is 246 g/mol. The van der Waals surface area contributed by atoms with Crippen LogP contribution in [0.25, 0.3) is 0 Å². The van der Waals surface area contributed by atoms with Gasteiger partial charge in [0.05, 0.1) is 6.10 Å². The van der Waals surface area contributed by atoms with Crippen molar-refractivity contribution in [2.24, 2.45) is 0 Å². The summed E-state index contributed by atoms with van der Waals surface area (Å²) >= 11 is 5.91. The summed E-state index contributed by atoms with van der Waals surface area (Å²) < 4.78 is 5.58. The molecule has 0 saturated heterocycles. The van der Waals surface area contributed by atoms with Crippen molar-refractivity contribution in [2.75, 3.05) is 7.11 Å². The molecule has 2 nitrogen and oxygen atoms in total. The Morgan fingerprint density at radius 1 is 1.22 bits per heavy atom. The van der Waals surface area contributed by atoms with Crippen LogP contribution in [0.3, 0.4) is 0 Å². The molecule has 2 unspecified atom stereocenters. The molecule has 0 heterocycles. The fourth-order valence-electron chi connectivity index (χ4n) is 2.74. The third-order valence-electron chi connectivity index (χ3n) is 3.84. The molecule has 100 valence electrons. The van der Waals surface area contributed by atoms with E-state index in [4.69, 9.17) is 16.3 Å². The summed E-state index contributed by atoms with van der Waals surface area (Å²) in [6, 6.07) is 8.88. The van der Waals surface area contributed by atoms with Crippen LogP contribution in [0.1, 0.15) is 44.2 Å². The van der Waals surface area contributed by atoms with E-state index >= 15 is 0 Å². The molecule has 18 heavy (non-hydrogen) atoms. The average molecular weight is 268 g/mol. The van der Waals surface area contributed by atoms with Gasteiger partial charge < -0.3 is 10.1 Å². The average Bonchev–Trinajstić information content (AvgIpc) is 2.40. The van der Waals surface area contributed by atoms with Crippen LogP contribution in [0, 0.1) is 0 Å². The van der Waals surface area contributed by atoms with Crippen molar-refractivity contribution in [3.05, 3.63) is 34.9 Å². The normalized spacial score (nSPS) is 25.9. The maximum Gasteiger partial charge on any atom is 0.0724 e. The lowest BCUT2D eigenvalue weighted by Gasteiger charge is -2.33. The zero-order valence-electron chi connectivity index (χ0n) is 11.2. The van der Waals surface area contributed by atoms with Gasteiger partial charge in [0.2, 0.25) is 0 Å². The third-order valence-corrected chi connectivity index (χ3v) is 4.09. The van der Waals surface area contributed by atoms with Gasteiger partial charge in [0, 0.05) is 24.2 Å². The second kappa shape index (κ2) is 6.55. The Balaban J connectivity index is 1.97. The maximum atomic E-state index is 5.91. The molecule has 3 atom stereocenters. The number of halogens is 1. The molecule has 3 heteroatoms. The van der Waals surface area contributed by atoms with Gasteiger partial charge in [0.25, 0.3) is 0 Å². The third kappa shape index (κ3) is 3.47. The van der Waals surface area contributed by atoms with Crippen LogP contribution in [0.5, 0.6) is 0 Å². The minimum absolute atomic E-state index is 0.336. The van der Waals surface area contributed by atoms with Crippen molar-refractivity contribution in [3.8, 4) is 0 Å². The first-order valence-corrected chi connectivity index (χ1v) is 7.13. The van der Waals surface area contributed by atoms with Gasteiger partial charge in [0.1, 0.15) is 0 Å². The Bertz CT molecular complexity index is 365. The van der Waals surface area contributed by atoms with Crippen LogP contribution < -0.4 is 5.32 Å². The van der Waals surface area contributed by atoms with E-state index in [1.54, 1.807) is 0 Å². The fraction of sp³-hybridized carbons (Fsp3) is 0.600. The second-order valence-corrected chi connectivity index (χ2v) is 5.54. The number of nitrogens with one attached hydrogen (secondary N) is 1. The molecule has 0 radical (unpaired) electrons. The van der Waals surface area contributed by atoms with Gasteiger partial charge in [-0.3, -0.25) is 0 Å². The molecule has 1 saturated carbocycles. The van der Waals surface area contributed by atoms with E-state index < -0.39 is 0 Å². The molecule has 1 aliphatic rings.